The van der Waals surface area contributed by atoms with Gasteiger partial charge in [-0.3, -0.25) is 8.37 Å². The van der Waals surface area contributed by atoms with Crippen LogP contribution in [0.5, 0.6) is 0 Å². The van der Waals surface area contributed by atoms with Gasteiger partial charge >= 0.3 is 0 Å². The maximum absolute atomic E-state index is 12.0. The monoisotopic (exact) mass is 508 g/mol. The first-order chi connectivity index (χ1) is 14.7. The molecule has 2 rings (SSSR count). The van der Waals surface area contributed by atoms with Gasteiger partial charge in [-0.2, -0.15) is 16.8 Å². The minimum Gasteiger partial charge on any atom is -0.266 e. The lowest BCUT2D eigenvalue weighted by Crippen LogP contribution is -2.07. The van der Waals surface area contributed by atoms with Crippen LogP contribution in [0, 0.1) is 0 Å². The number of hydrogen-bond donors (Lipinski definition) is 0. The van der Waals surface area contributed by atoms with E-state index in [4.69, 9.17) is 31.6 Å². The molecule has 10 heteroatoms. The van der Waals surface area contributed by atoms with Gasteiger partial charge in [0.15, 0.2) is 0 Å². The molecule has 31 heavy (non-hydrogen) atoms. The van der Waals surface area contributed by atoms with E-state index >= 15 is 0 Å². The molecule has 0 amide bonds. The zero-order chi connectivity index (χ0) is 22.7. The fourth-order valence-corrected chi connectivity index (χ4v) is 4.90. The van der Waals surface area contributed by atoms with Crippen molar-refractivity contribution in [3.05, 3.63) is 58.6 Å². The van der Waals surface area contributed by atoms with E-state index in [1.807, 2.05) is 0 Å². The molecule has 2 aromatic rings. The Morgan fingerprint density at radius 2 is 0.806 bits per heavy atom. The summed E-state index contributed by atoms with van der Waals surface area (Å²) in [5, 5.41) is 0.933. The predicted molar refractivity (Wildman–Crippen MR) is 121 cm³/mol. The SMILES string of the molecule is O=S(=O)(OCCCCCCCCCOS(=O)(=O)c1ccc(Cl)cc1)c1ccc(Cl)cc1. The highest BCUT2D eigenvalue weighted by Crippen LogP contribution is 2.18. The molecule has 2 aromatic carbocycles. The van der Waals surface area contributed by atoms with E-state index in [2.05, 4.69) is 0 Å². The molecular formula is C21H26Cl2O6S2. The van der Waals surface area contributed by atoms with E-state index in [0.29, 0.717) is 22.9 Å². The summed E-state index contributed by atoms with van der Waals surface area (Å²) in [6, 6.07) is 11.7. The van der Waals surface area contributed by atoms with Gasteiger partial charge in [0.1, 0.15) is 0 Å². The van der Waals surface area contributed by atoms with E-state index in [9.17, 15) is 16.8 Å². The Hall–Kier alpha value is -1.16. The van der Waals surface area contributed by atoms with Gasteiger partial charge in [0.25, 0.3) is 20.2 Å². The van der Waals surface area contributed by atoms with Crippen molar-refractivity contribution in [3.8, 4) is 0 Å². The molecule has 0 atom stereocenters. The summed E-state index contributed by atoms with van der Waals surface area (Å²) in [6.45, 7) is 0.280. The summed E-state index contributed by atoms with van der Waals surface area (Å²) < 4.78 is 58.2. The molecule has 0 N–H and O–H groups in total. The molecule has 6 nitrogen and oxygen atoms in total. The first-order valence-corrected chi connectivity index (χ1v) is 13.6. The fraction of sp³-hybridized carbons (Fsp3) is 0.429. The van der Waals surface area contributed by atoms with Gasteiger partial charge in [0, 0.05) is 10.0 Å². The summed E-state index contributed by atoms with van der Waals surface area (Å²) in [7, 11) is -7.49. The summed E-state index contributed by atoms with van der Waals surface area (Å²) in [5.74, 6) is 0. The summed E-state index contributed by atoms with van der Waals surface area (Å²) in [4.78, 5) is 0.189. The molecular weight excluding hydrogens is 483 g/mol. The number of hydrogen-bond acceptors (Lipinski definition) is 6. The van der Waals surface area contributed by atoms with Crippen molar-refractivity contribution >= 4 is 43.4 Å². The fourth-order valence-electron chi connectivity index (χ4n) is 2.76. The van der Waals surface area contributed by atoms with Gasteiger partial charge < -0.3 is 0 Å². The van der Waals surface area contributed by atoms with Crippen molar-refractivity contribution in [2.75, 3.05) is 13.2 Å². The molecule has 0 unspecified atom stereocenters. The van der Waals surface area contributed by atoms with Crippen LogP contribution in [0.1, 0.15) is 44.9 Å². The van der Waals surface area contributed by atoms with Crippen LogP contribution in [0.3, 0.4) is 0 Å². The second kappa shape index (κ2) is 12.8. The Balaban J connectivity index is 1.50. The van der Waals surface area contributed by atoms with Crippen molar-refractivity contribution in [3.63, 3.8) is 0 Å². The van der Waals surface area contributed by atoms with Crippen molar-refractivity contribution in [1.29, 1.82) is 0 Å². The minimum atomic E-state index is -3.75. The van der Waals surface area contributed by atoms with Crippen LogP contribution in [-0.4, -0.2) is 30.0 Å². The van der Waals surface area contributed by atoms with Crippen molar-refractivity contribution in [1.82, 2.24) is 0 Å². The largest absolute Gasteiger partial charge is 0.296 e. The normalized spacial score (nSPS) is 12.2. The van der Waals surface area contributed by atoms with Crippen LogP contribution in [0.15, 0.2) is 58.3 Å². The lowest BCUT2D eigenvalue weighted by Gasteiger charge is -2.07. The highest BCUT2D eigenvalue weighted by Gasteiger charge is 2.15. The third kappa shape index (κ3) is 9.47. The molecule has 0 saturated heterocycles. The molecule has 0 heterocycles. The first kappa shape index (κ1) is 26.1. The Kier molecular flexibility index (Phi) is 10.7. The Labute approximate surface area is 194 Å². The quantitative estimate of drug-likeness (QED) is 0.235. The van der Waals surface area contributed by atoms with Gasteiger partial charge in [0.05, 0.1) is 23.0 Å². The molecule has 0 fully saturated rings. The molecule has 0 aliphatic rings. The topological polar surface area (TPSA) is 86.7 Å². The molecule has 0 aliphatic heterocycles. The summed E-state index contributed by atoms with van der Waals surface area (Å²) in [6.07, 6.45) is 5.90. The van der Waals surface area contributed by atoms with Gasteiger partial charge in [-0.05, 0) is 61.4 Å². The highest BCUT2D eigenvalue weighted by atomic mass is 35.5. The number of unbranched alkanes of at least 4 members (excludes halogenated alkanes) is 6. The molecule has 0 aliphatic carbocycles. The van der Waals surface area contributed by atoms with E-state index in [-0.39, 0.29) is 23.0 Å². The number of benzene rings is 2. The van der Waals surface area contributed by atoms with E-state index in [0.717, 1.165) is 32.1 Å². The van der Waals surface area contributed by atoms with Crippen LogP contribution in [0.25, 0.3) is 0 Å². The number of rotatable bonds is 14. The van der Waals surface area contributed by atoms with Crippen molar-refractivity contribution in [2.24, 2.45) is 0 Å². The van der Waals surface area contributed by atoms with E-state index in [1.165, 1.54) is 48.5 Å². The standard InChI is InChI=1S/C21H26Cl2O6S2/c22-18-8-12-20(13-9-18)30(24,25)28-16-6-4-2-1-3-5-7-17-29-31(26,27)21-14-10-19(23)11-15-21/h8-15H,1-7,16-17H2. The van der Waals surface area contributed by atoms with Crippen LogP contribution >= 0.6 is 23.2 Å². The average Bonchev–Trinajstić information content (AvgIpc) is 2.72. The van der Waals surface area contributed by atoms with Gasteiger partial charge in [-0.1, -0.05) is 55.3 Å². The van der Waals surface area contributed by atoms with Gasteiger partial charge in [0.2, 0.25) is 0 Å². The summed E-state index contributed by atoms with van der Waals surface area (Å²) >= 11 is 11.5. The highest BCUT2D eigenvalue weighted by molar-refractivity contribution is 7.87. The zero-order valence-corrected chi connectivity index (χ0v) is 20.1. The van der Waals surface area contributed by atoms with Crippen LogP contribution in [-0.2, 0) is 28.6 Å². The second-order valence-corrected chi connectivity index (χ2v) is 11.0. The smallest absolute Gasteiger partial charge is 0.266 e. The Bertz CT molecular complexity index is 921. The zero-order valence-electron chi connectivity index (χ0n) is 17.0. The lowest BCUT2D eigenvalue weighted by atomic mass is 10.1. The lowest BCUT2D eigenvalue weighted by molar-refractivity contribution is 0.302. The maximum Gasteiger partial charge on any atom is 0.296 e. The molecule has 0 saturated carbocycles. The van der Waals surface area contributed by atoms with Gasteiger partial charge in [-0.15, -0.1) is 0 Å². The Morgan fingerprint density at radius 1 is 0.516 bits per heavy atom. The van der Waals surface area contributed by atoms with Crippen molar-refractivity contribution < 1.29 is 25.2 Å². The summed E-state index contributed by atoms with van der Waals surface area (Å²) in [5.41, 5.74) is 0. The molecule has 172 valence electrons. The molecule has 0 aromatic heterocycles. The maximum atomic E-state index is 12.0. The third-order valence-electron chi connectivity index (χ3n) is 4.47. The molecule has 0 spiro atoms. The first-order valence-electron chi connectivity index (χ1n) is 10.0. The third-order valence-corrected chi connectivity index (χ3v) is 7.63. The van der Waals surface area contributed by atoms with Crippen molar-refractivity contribution in [2.45, 2.75) is 54.7 Å². The Morgan fingerprint density at radius 3 is 1.13 bits per heavy atom. The molecule has 0 radical (unpaired) electrons. The van der Waals surface area contributed by atoms with Crippen LogP contribution in [0.2, 0.25) is 10.0 Å². The molecule has 0 bridgehead atoms. The predicted octanol–water partition coefficient (Wildman–Crippen LogP) is 5.83. The number of halogens is 2. The van der Waals surface area contributed by atoms with Gasteiger partial charge in [-0.25, -0.2) is 0 Å². The minimum absolute atomic E-state index is 0.0946. The second-order valence-electron chi connectivity index (χ2n) is 6.93. The average molecular weight is 509 g/mol. The van der Waals surface area contributed by atoms with Crippen LogP contribution < -0.4 is 0 Å². The van der Waals surface area contributed by atoms with E-state index in [1.54, 1.807) is 0 Å². The van der Waals surface area contributed by atoms with Crippen LogP contribution in [0.4, 0.5) is 0 Å². The van der Waals surface area contributed by atoms with E-state index < -0.39 is 20.2 Å².